The molecule has 0 radical (unpaired) electrons. The fourth-order valence-electron chi connectivity index (χ4n) is 3.70. The molecule has 2 aromatic rings. The molecule has 0 aromatic heterocycles. The van der Waals surface area contributed by atoms with E-state index in [1.165, 1.54) is 35.1 Å². The van der Waals surface area contributed by atoms with Gasteiger partial charge in [-0.25, -0.2) is 0 Å². The van der Waals surface area contributed by atoms with Crippen LogP contribution >= 0.6 is 0 Å². The Labute approximate surface area is 143 Å². The maximum absolute atomic E-state index is 5.88. The SMILES string of the molecule is CCc1ccccc1CC1CCc2cc(C(=[NH2+])N=NN)ccc2C1. The van der Waals surface area contributed by atoms with E-state index in [1.807, 2.05) is 6.07 Å². The molecule has 0 saturated carbocycles. The molecule has 1 unspecified atom stereocenters. The van der Waals surface area contributed by atoms with Gasteiger partial charge in [-0.3, -0.25) is 11.3 Å². The van der Waals surface area contributed by atoms with Crippen molar-refractivity contribution in [2.75, 3.05) is 0 Å². The van der Waals surface area contributed by atoms with Gasteiger partial charge in [-0.05, 0) is 72.4 Å². The number of nitrogens with two attached hydrogens (primary N) is 2. The molecule has 1 aliphatic carbocycles. The van der Waals surface area contributed by atoms with Gasteiger partial charge in [-0.1, -0.05) is 37.3 Å². The van der Waals surface area contributed by atoms with E-state index >= 15 is 0 Å². The zero-order chi connectivity index (χ0) is 16.9. The Balaban J connectivity index is 1.74. The molecule has 0 fully saturated rings. The molecule has 0 amide bonds. The monoisotopic (exact) mass is 321 g/mol. The lowest BCUT2D eigenvalue weighted by Gasteiger charge is -2.25. The molecule has 0 spiro atoms. The highest BCUT2D eigenvalue weighted by Gasteiger charge is 2.21. The first kappa shape index (κ1) is 16.4. The van der Waals surface area contributed by atoms with Gasteiger partial charge in [0.05, 0.1) is 10.7 Å². The minimum absolute atomic E-state index is 0.374. The molecular weight excluding hydrogens is 296 g/mol. The predicted molar refractivity (Wildman–Crippen MR) is 96.6 cm³/mol. The first-order valence-corrected chi connectivity index (χ1v) is 8.63. The molecule has 0 aliphatic heterocycles. The average molecular weight is 321 g/mol. The van der Waals surface area contributed by atoms with Crippen LogP contribution in [0, 0.1) is 5.92 Å². The molecular formula is C20H25N4+. The van der Waals surface area contributed by atoms with Crippen molar-refractivity contribution in [2.45, 2.75) is 39.0 Å². The maximum Gasteiger partial charge on any atom is 0.350 e. The summed E-state index contributed by atoms with van der Waals surface area (Å²) >= 11 is 0. The summed E-state index contributed by atoms with van der Waals surface area (Å²) in [5.74, 6) is 6.16. The number of amidine groups is 1. The molecule has 3 rings (SSSR count). The van der Waals surface area contributed by atoms with Crippen LogP contribution in [-0.2, 0) is 25.7 Å². The van der Waals surface area contributed by atoms with Crippen LogP contribution in [-0.4, -0.2) is 5.84 Å². The second-order valence-corrected chi connectivity index (χ2v) is 6.52. The highest BCUT2D eigenvalue weighted by atomic mass is 15.3. The second-order valence-electron chi connectivity index (χ2n) is 6.52. The Kier molecular flexibility index (Phi) is 5.04. The molecule has 4 N–H and O–H groups in total. The van der Waals surface area contributed by atoms with Gasteiger partial charge in [-0.15, -0.1) is 0 Å². The van der Waals surface area contributed by atoms with E-state index < -0.39 is 0 Å². The number of hydrogen-bond acceptors (Lipinski definition) is 1. The quantitative estimate of drug-likeness (QED) is 0.293. The van der Waals surface area contributed by atoms with Crippen LogP contribution in [0.25, 0.3) is 0 Å². The number of rotatable bonds is 4. The predicted octanol–water partition coefficient (Wildman–Crippen LogP) is 2.43. The Morgan fingerprint density at radius 2 is 1.96 bits per heavy atom. The number of hydrogen-bond donors (Lipinski definition) is 2. The molecule has 24 heavy (non-hydrogen) atoms. The summed E-state index contributed by atoms with van der Waals surface area (Å²) in [4.78, 5) is 0. The van der Waals surface area contributed by atoms with Gasteiger partial charge in [0.1, 0.15) is 0 Å². The van der Waals surface area contributed by atoms with Crippen LogP contribution in [0.2, 0.25) is 0 Å². The summed E-state index contributed by atoms with van der Waals surface area (Å²) in [6, 6.07) is 15.2. The summed E-state index contributed by atoms with van der Waals surface area (Å²) in [6.07, 6.45) is 5.71. The lowest BCUT2D eigenvalue weighted by Crippen LogP contribution is -2.39. The van der Waals surface area contributed by atoms with E-state index in [1.54, 1.807) is 0 Å². The van der Waals surface area contributed by atoms with Crippen LogP contribution < -0.4 is 11.3 Å². The van der Waals surface area contributed by atoms with Crippen molar-refractivity contribution < 1.29 is 5.41 Å². The molecule has 124 valence electrons. The smallest absolute Gasteiger partial charge is 0.284 e. The van der Waals surface area contributed by atoms with Crippen molar-refractivity contribution in [3.63, 3.8) is 0 Å². The minimum Gasteiger partial charge on any atom is -0.284 e. The summed E-state index contributed by atoms with van der Waals surface area (Å²) < 4.78 is 0. The van der Waals surface area contributed by atoms with E-state index in [0.29, 0.717) is 11.8 Å². The van der Waals surface area contributed by atoms with Crippen LogP contribution in [0.15, 0.2) is 52.8 Å². The lowest BCUT2D eigenvalue weighted by molar-refractivity contribution is -0.114. The Morgan fingerprint density at radius 3 is 2.71 bits per heavy atom. The molecule has 4 nitrogen and oxygen atoms in total. The summed E-state index contributed by atoms with van der Waals surface area (Å²) in [7, 11) is 0. The first-order valence-electron chi connectivity index (χ1n) is 8.63. The topological polar surface area (TPSA) is 76.3 Å². The van der Waals surface area contributed by atoms with Crippen LogP contribution in [0.5, 0.6) is 0 Å². The fourth-order valence-corrected chi connectivity index (χ4v) is 3.70. The van der Waals surface area contributed by atoms with Crippen molar-refractivity contribution in [1.82, 2.24) is 0 Å². The van der Waals surface area contributed by atoms with E-state index in [9.17, 15) is 0 Å². The fraction of sp³-hybridized carbons (Fsp3) is 0.350. The molecule has 0 bridgehead atoms. The normalized spacial score (nSPS) is 17.0. The first-order chi connectivity index (χ1) is 11.7. The molecule has 1 aliphatic rings. The average Bonchev–Trinajstić information content (AvgIpc) is 2.62. The molecule has 4 heteroatoms. The Hall–Kier alpha value is -2.49. The Morgan fingerprint density at radius 1 is 1.17 bits per heavy atom. The number of aryl methyl sites for hydroxylation is 2. The zero-order valence-corrected chi connectivity index (χ0v) is 14.2. The van der Waals surface area contributed by atoms with E-state index in [-0.39, 0.29) is 0 Å². The molecule has 0 heterocycles. The van der Waals surface area contributed by atoms with Crippen molar-refractivity contribution in [1.29, 1.82) is 0 Å². The summed E-state index contributed by atoms with van der Waals surface area (Å²) in [6.45, 7) is 2.23. The highest BCUT2D eigenvalue weighted by molar-refractivity contribution is 5.94. The minimum atomic E-state index is 0.374. The standard InChI is InChI=1S/C20H24N4/c1-2-15-5-3-4-6-16(15)11-14-7-8-18-13-19(20(21)23-24-22)10-9-17(18)12-14/h3-6,9-10,13-14H,2,7-8,11-12H2,1H3,(H3,21,22,23)/p+1. The van der Waals surface area contributed by atoms with Gasteiger partial charge in [0.15, 0.2) is 0 Å². The van der Waals surface area contributed by atoms with Gasteiger partial charge in [0, 0.05) is 5.22 Å². The van der Waals surface area contributed by atoms with Gasteiger partial charge < -0.3 is 0 Å². The highest BCUT2D eigenvalue weighted by Crippen LogP contribution is 2.29. The number of fused-ring (bicyclic) bond motifs is 1. The largest absolute Gasteiger partial charge is 0.350 e. The second kappa shape index (κ2) is 7.39. The van der Waals surface area contributed by atoms with Crippen molar-refractivity contribution in [3.8, 4) is 0 Å². The van der Waals surface area contributed by atoms with Crippen LogP contribution in [0.1, 0.15) is 41.2 Å². The van der Waals surface area contributed by atoms with Crippen LogP contribution in [0.3, 0.4) is 0 Å². The third-order valence-electron chi connectivity index (χ3n) is 5.01. The number of benzene rings is 2. The van der Waals surface area contributed by atoms with E-state index in [0.717, 1.165) is 24.8 Å². The van der Waals surface area contributed by atoms with Gasteiger partial charge in [-0.2, -0.15) is 0 Å². The van der Waals surface area contributed by atoms with Crippen molar-refractivity contribution >= 4 is 5.84 Å². The van der Waals surface area contributed by atoms with Gasteiger partial charge in [0.2, 0.25) is 0 Å². The third kappa shape index (κ3) is 3.53. The molecule has 1 atom stereocenters. The van der Waals surface area contributed by atoms with Crippen molar-refractivity contribution in [3.05, 3.63) is 70.3 Å². The Bertz CT molecular complexity index is 764. The van der Waals surface area contributed by atoms with Crippen LogP contribution in [0.4, 0.5) is 0 Å². The zero-order valence-electron chi connectivity index (χ0n) is 14.2. The van der Waals surface area contributed by atoms with E-state index in [2.05, 4.69) is 53.7 Å². The summed E-state index contributed by atoms with van der Waals surface area (Å²) in [5.41, 5.74) is 6.70. The van der Waals surface area contributed by atoms with Gasteiger partial charge >= 0.3 is 5.84 Å². The van der Waals surface area contributed by atoms with Crippen molar-refractivity contribution in [2.24, 2.45) is 22.1 Å². The van der Waals surface area contributed by atoms with Gasteiger partial charge in [0.25, 0.3) is 0 Å². The van der Waals surface area contributed by atoms with E-state index in [4.69, 9.17) is 11.3 Å². The molecule has 0 saturated heterocycles. The maximum atomic E-state index is 5.88. The molecule has 2 aromatic carbocycles. The third-order valence-corrected chi connectivity index (χ3v) is 5.01. The lowest BCUT2D eigenvalue weighted by atomic mass is 9.79. The number of nitrogens with zero attached hydrogens (tertiary/aromatic N) is 2. The summed E-state index contributed by atoms with van der Waals surface area (Å²) in [5, 5.41) is 12.9.